The van der Waals surface area contributed by atoms with Gasteiger partial charge in [-0.25, -0.2) is 9.18 Å². The highest BCUT2D eigenvalue weighted by molar-refractivity contribution is 6.02. The van der Waals surface area contributed by atoms with E-state index >= 15 is 0 Å². The molecule has 3 aromatic rings. The zero-order chi connectivity index (χ0) is 43.9. The van der Waals surface area contributed by atoms with Crippen molar-refractivity contribution in [2.75, 3.05) is 65.6 Å². The number of esters is 1. The normalized spacial score (nSPS) is 18.7. The summed E-state index contributed by atoms with van der Waals surface area (Å²) in [6, 6.07) is 14.2. The van der Waals surface area contributed by atoms with E-state index in [1.54, 1.807) is 56.0 Å². The molecule has 0 radical (unpaired) electrons. The number of carbonyl (C=O) groups excluding carboxylic acids is 5. The number of halogens is 1. The van der Waals surface area contributed by atoms with Crippen LogP contribution in [0.5, 0.6) is 23.0 Å². The number of carbonyl (C=O) groups is 5. The fourth-order valence-corrected chi connectivity index (χ4v) is 7.91. The summed E-state index contributed by atoms with van der Waals surface area (Å²) in [5, 5.41) is 10.4. The van der Waals surface area contributed by atoms with Gasteiger partial charge in [-0.3, -0.25) is 19.2 Å². The molecule has 13 nitrogen and oxygen atoms in total. The number of fused-ring (bicyclic) bond motifs is 6. The molecule has 3 aliphatic heterocycles. The maximum Gasteiger partial charge on any atom is 0.340 e. The molecule has 1 saturated heterocycles. The summed E-state index contributed by atoms with van der Waals surface area (Å²) >= 11 is 0. The van der Waals surface area contributed by atoms with Gasteiger partial charge in [0.2, 0.25) is 17.7 Å². The average molecular weight is 829 g/mol. The fourth-order valence-electron chi connectivity index (χ4n) is 7.91. The fraction of sp³-hybridized carbons (Fsp3) is 0.500. The Morgan fingerprint density at radius 3 is 1.58 bits per heavy atom. The second-order valence-corrected chi connectivity index (χ2v) is 18.7. The third kappa shape index (κ3) is 8.64. The van der Waals surface area contributed by atoms with Crippen LogP contribution in [0.25, 0.3) is 0 Å². The highest BCUT2D eigenvalue weighted by Crippen LogP contribution is 2.57. The maximum absolute atomic E-state index is 14.7. The number of phenols is 1. The first-order valence-corrected chi connectivity index (χ1v) is 20.5. The van der Waals surface area contributed by atoms with Crippen molar-refractivity contribution < 1.29 is 47.7 Å². The molecule has 322 valence electrons. The van der Waals surface area contributed by atoms with Gasteiger partial charge >= 0.3 is 5.97 Å². The summed E-state index contributed by atoms with van der Waals surface area (Å²) in [6.07, 6.45) is 0. The van der Waals surface area contributed by atoms with Crippen LogP contribution < -0.4 is 9.47 Å². The number of amides is 4. The zero-order valence-corrected chi connectivity index (χ0v) is 36.1. The molecule has 60 heavy (non-hydrogen) atoms. The third-order valence-corrected chi connectivity index (χ3v) is 11.0. The molecule has 4 amide bonds. The predicted molar refractivity (Wildman–Crippen MR) is 222 cm³/mol. The monoisotopic (exact) mass is 828 g/mol. The molecule has 6 rings (SSSR count). The van der Waals surface area contributed by atoms with Gasteiger partial charge in [-0.2, -0.15) is 0 Å². The molecule has 3 heterocycles. The van der Waals surface area contributed by atoms with E-state index in [4.69, 9.17) is 14.2 Å². The lowest BCUT2D eigenvalue weighted by Crippen LogP contribution is -2.54. The van der Waals surface area contributed by atoms with Crippen LogP contribution in [-0.4, -0.2) is 120 Å². The number of nitrogens with zero attached hydrogens (tertiary/aromatic N) is 4. The van der Waals surface area contributed by atoms with Crippen molar-refractivity contribution in [2.24, 2.45) is 16.2 Å². The number of hydrogen-bond donors (Lipinski definition) is 1. The lowest BCUT2D eigenvalue weighted by molar-refractivity contribution is -0.145. The van der Waals surface area contributed by atoms with Gasteiger partial charge < -0.3 is 38.9 Å². The molecule has 3 aliphatic rings. The van der Waals surface area contributed by atoms with Gasteiger partial charge in [0.05, 0.1) is 5.56 Å². The van der Waals surface area contributed by atoms with Gasteiger partial charge in [0.25, 0.3) is 5.91 Å². The second-order valence-electron chi connectivity index (χ2n) is 18.7. The predicted octanol–water partition coefficient (Wildman–Crippen LogP) is 6.39. The van der Waals surface area contributed by atoms with E-state index in [0.717, 1.165) is 0 Å². The Morgan fingerprint density at radius 2 is 1.10 bits per heavy atom. The van der Waals surface area contributed by atoms with E-state index < -0.39 is 40.4 Å². The van der Waals surface area contributed by atoms with Gasteiger partial charge in [0, 0.05) is 103 Å². The molecule has 1 N–H and O–H groups in total. The van der Waals surface area contributed by atoms with Gasteiger partial charge in [-0.15, -0.1) is 0 Å². The maximum atomic E-state index is 14.7. The van der Waals surface area contributed by atoms with E-state index in [1.165, 1.54) is 18.2 Å². The standard InChI is InChI=1S/C46H57FN4O9/c1-43(2,3)40(55)49-19-17-48(18-20-50(41(56)44(4,5)6)22-24-51(23-21-49)42(57)45(7,8)9)38(53)29-10-13-33-32(26-29)39(54)60-46(33)34-14-11-30(52)27-36(34)59-37-28-31(58-25-16-47)12-15-35(37)46/h10-15,26-28,52H,16-25H2,1-9H3. The number of hydrogen-bond acceptors (Lipinski definition) is 9. The molecule has 3 aromatic carbocycles. The lowest BCUT2D eigenvalue weighted by atomic mass is 9.77. The number of benzene rings is 3. The highest BCUT2D eigenvalue weighted by Gasteiger charge is 2.54. The summed E-state index contributed by atoms with van der Waals surface area (Å²) < 4.78 is 30.9. The summed E-state index contributed by atoms with van der Waals surface area (Å²) in [5.41, 5.74) is -1.95. The Morgan fingerprint density at radius 1 is 0.650 bits per heavy atom. The van der Waals surface area contributed by atoms with Crippen LogP contribution >= 0.6 is 0 Å². The summed E-state index contributed by atoms with van der Waals surface area (Å²) in [4.78, 5) is 76.7. The topological polar surface area (TPSA) is 146 Å². The van der Waals surface area contributed by atoms with E-state index in [9.17, 15) is 33.5 Å². The molecule has 1 unspecified atom stereocenters. The minimum absolute atomic E-state index is 0.0741. The minimum atomic E-state index is -1.51. The largest absolute Gasteiger partial charge is 0.508 e. The van der Waals surface area contributed by atoms with Gasteiger partial charge in [-0.1, -0.05) is 68.4 Å². The van der Waals surface area contributed by atoms with Crippen molar-refractivity contribution in [3.05, 3.63) is 82.4 Å². The number of ether oxygens (including phenoxy) is 3. The second kappa shape index (κ2) is 16.4. The van der Waals surface area contributed by atoms with E-state index in [-0.39, 0.29) is 105 Å². The van der Waals surface area contributed by atoms with Crippen LogP contribution in [0.1, 0.15) is 99.7 Å². The number of phenolic OH excluding ortho intramolecular Hbond substituents is 1. The first-order valence-electron chi connectivity index (χ1n) is 20.5. The molecule has 14 heteroatoms. The van der Waals surface area contributed by atoms with Crippen molar-refractivity contribution in [2.45, 2.75) is 67.9 Å². The van der Waals surface area contributed by atoms with Gasteiger partial charge in [0.15, 0.2) is 5.60 Å². The highest BCUT2D eigenvalue weighted by atomic mass is 19.1. The molecule has 0 saturated carbocycles. The van der Waals surface area contributed by atoms with Crippen LogP contribution in [0.2, 0.25) is 0 Å². The molecular formula is C46H57FN4O9. The van der Waals surface area contributed by atoms with Crippen molar-refractivity contribution in [1.29, 1.82) is 0 Å². The Kier molecular flexibility index (Phi) is 12.0. The minimum Gasteiger partial charge on any atom is -0.508 e. The van der Waals surface area contributed by atoms with Crippen molar-refractivity contribution in [3.8, 4) is 23.0 Å². The molecular weight excluding hydrogens is 772 g/mol. The van der Waals surface area contributed by atoms with E-state index in [2.05, 4.69) is 0 Å². The average Bonchev–Trinajstić information content (AvgIpc) is 3.46. The molecule has 0 aromatic heterocycles. The molecule has 0 aliphatic carbocycles. The van der Waals surface area contributed by atoms with Gasteiger partial charge in [-0.05, 0) is 36.4 Å². The van der Waals surface area contributed by atoms with Crippen molar-refractivity contribution in [3.63, 3.8) is 0 Å². The van der Waals surface area contributed by atoms with E-state index in [1.807, 2.05) is 62.3 Å². The van der Waals surface area contributed by atoms with Crippen LogP contribution in [-0.2, 0) is 24.7 Å². The summed E-state index contributed by atoms with van der Waals surface area (Å²) in [6.45, 7) is 17.2. The van der Waals surface area contributed by atoms with Gasteiger partial charge in [0.1, 0.15) is 36.3 Å². The van der Waals surface area contributed by atoms with E-state index in [0.29, 0.717) is 22.4 Å². The molecule has 1 atom stereocenters. The van der Waals surface area contributed by atoms with Crippen LogP contribution in [0.15, 0.2) is 54.6 Å². The van der Waals surface area contributed by atoms with Crippen LogP contribution in [0, 0.1) is 16.2 Å². The number of alkyl halides is 1. The number of rotatable bonds is 4. The third-order valence-electron chi connectivity index (χ3n) is 11.0. The molecule has 1 fully saturated rings. The van der Waals surface area contributed by atoms with Crippen LogP contribution in [0.3, 0.4) is 0 Å². The summed E-state index contributed by atoms with van der Waals surface area (Å²) in [7, 11) is 0. The van der Waals surface area contributed by atoms with Crippen LogP contribution in [0.4, 0.5) is 4.39 Å². The number of aromatic hydroxyl groups is 1. The van der Waals surface area contributed by atoms with Crippen molar-refractivity contribution in [1.82, 2.24) is 19.6 Å². The zero-order valence-electron chi connectivity index (χ0n) is 36.1. The summed E-state index contributed by atoms with van der Waals surface area (Å²) in [5.74, 6) is -0.661. The van der Waals surface area contributed by atoms with Crippen molar-refractivity contribution >= 4 is 29.6 Å². The molecule has 1 spiro atoms. The SMILES string of the molecule is CC(C)(C)C(=O)N1CCN(C(=O)c2ccc3c(c2)C(=O)OC32c3ccc(O)cc3Oc3cc(OCCF)ccc32)CCN(C(=O)C(C)(C)C)CCN(C(=O)C(C)(C)C)CC1. The Bertz CT molecular complexity index is 2140. The Hall–Kier alpha value is -5.66. The first kappa shape index (κ1) is 43.9. The lowest BCUT2D eigenvalue weighted by Gasteiger charge is -2.38. The quantitative estimate of drug-likeness (QED) is 0.296. The smallest absolute Gasteiger partial charge is 0.340 e. The first-order chi connectivity index (χ1) is 28.1. The molecule has 0 bridgehead atoms. The Balaban J connectivity index is 1.38. The Labute approximate surface area is 351 Å².